The van der Waals surface area contributed by atoms with Gasteiger partial charge < -0.3 is 10.1 Å². The smallest absolute Gasteiger partial charge is 0.338 e. The average Bonchev–Trinajstić information content (AvgIpc) is 3.30. The topological polar surface area (TPSA) is 90.3 Å². The normalized spacial score (nSPS) is 14.7. The lowest BCUT2D eigenvalue weighted by atomic mass is 9.89. The Balaban J connectivity index is 1.35. The molecule has 1 aliphatic rings. The van der Waals surface area contributed by atoms with Crippen molar-refractivity contribution in [2.24, 2.45) is 5.92 Å². The monoisotopic (exact) mass is 561 g/mol. The van der Waals surface area contributed by atoms with Crippen molar-refractivity contribution in [2.75, 3.05) is 17.7 Å². The third kappa shape index (κ3) is 6.09. The van der Waals surface area contributed by atoms with Crippen molar-refractivity contribution in [3.63, 3.8) is 0 Å². The molecule has 5 rings (SSSR count). The van der Waals surface area contributed by atoms with E-state index in [9.17, 15) is 14.4 Å². The highest BCUT2D eigenvalue weighted by Gasteiger charge is 2.25. The molecule has 0 radical (unpaired) electrons. The molecule has 2 heterocycles. The number of para-hydroxylation sites is 1. The molecule has 39 heavy (non-hydrogen) atoms. The predicted molar refractivity (Wildman–Crippen MR) is 157 cm³/mol. The number of amides is 1. The van der Waals surface area contributed by atoms with Crippen molar-refractivity contribution >= 4 is 50.9 Å². The lowest BCUT2D eigenvalue weighted by Gasteiger charge is -2.17. The number of carbonyl (C=O) groups excluding carboxylic acids is 2. The molecule has 0 fully saturated rings. The van der Waals surface area contributed by atoms with Crippen molar-refractivity contribution in [2.45, 2.75) is 51.1 Å². The summed E-state index contributed by atoms with van der Waals surface area (Å²) in [6.45, 7) is 4.68. The number of anilines is 1. The molecule has 9 heteroatoms. The van der Waals surface area contributed by atoms with Gasteiger partial charge in [0.25, 0.3) is 5.56 Å². The number of benzene rings is 2. The molecule has 1 atom stereocenters. The third-order valence-electron chi connectivity index (χ3n) is 6.78. The molecule has 0 saturated heterocycles. The number of aryl methyl sites for hydroxylation is 1. The van der Waals surface area contributed by atoms with Crippen LogP contribution >= 0.6 is 23.1 Å². The van der Waals surface area contributed by atoms with Crippen molar-refractivity contribution in [1.82, 2.24) is 9.55 Å². The Morgan fingerprint density at radius 3 is 2.67 bits per heavy atom. The summed E-state index contributed by atoms with van der Waals surface area (Å²) in [5.74, 6) is 0.0713. The lowest BCUT2D eigenvalue weighted by Crippen LogP contribution is -2.23. The van der Waals surface area contributed by atoms with Gasteiger partial charge >= 0.3 is 5.97 Å². The van der Waals surface area contributed by atoms with E-state index < -0.39 is 0 Å². The summed E-state index contributed by atoms with van der Waals surface area (Å²) >= 11 is 2.84. The summed E-state index contributed by atoms with van der Waals surface area (Å²) in [7, 11) is 0. The molecule has 0 bridgehead atoms. The highest BCUT2D eigenvalue weighted by molar-refractivity contribution is 7.99. The van der Waals surface area contributed by atoms with Crippen LogP contribution in [0.25, 0.3) is 15.9 Å². The maximum atomic E-state index is 13.8. The Bertz CT molecular complexity index is 1540. The minimum Gasteiger partial charge on any atom is -0.462 e. The lowest BCUT2D eigenvalue weighted by molar-refractivity contribution is -0.113. The molecule has 0 aliphatic heterocycles. The molecule has 2 aromatic carbocycles. The molecule has 1 amide bonds. The van der Waals surface area contributed by atoms with Gasteiger partial charge in [0.15, 0.2) is 5.16 Å². The van der Waals surface area contributed by atoms with Gasteiger partial charge in [-0.25, -0.2) is 9.78 Å². The van der Waals surface area contributed by atoms with Crippen LogP contribution < -0.4 is 10.9 Å². The highest BCUT2D eigenvalue weighted by atomic mass is 32.2. The van der Waals surface area contributed by atoms with Crippen LogP contribution in [-0.2, 0) is 22.4 Å². The largest absolute Gasteiger partial charge is 0.462 e. The zero-order valence-corrected chi connectivity index (χ0v) is 23.7. The molecule has 202 valence electrons. The first-order valence-corrected chi connectivity index (χ1v) is 15.1. The minimum absolute atomic E-state index is 0.0771. The number of nitrogens with zero attached hydrogens (tertiary/aromatic N) is 2. The fourth-order valence-corrected chi connectivity index (χ4v) is 6.92. The first-order chi connectivity index (χ1) is 18.9. The summed E-state index contributed by atoms with van der Waals surface area (Å²) in [6, 6.07) is 16.1. The zero-order valence-electron chi connectivity index (χ0n) is 22.1. The molecule has 0 saturated carbocycles. The Morgan fingerprint density at radius 2 is 1.92 bits per heavy atom. The van der Waals surface area contributed by atoms with E-state index in [4.69, 9.17) is 9.72 Å². The Kier molecular flexibility index (Phi) is 8.47. The number of nitrogens with one attached hydrogen (secondary N) is 1. The van der Waals surface area contributed by atoms with E-state index in [1.54, 1.807) is 40.2 Å². The molecule has 2 aromatic heterocycles. The number of hydrogen-bond acceptors (Lipinski definition) is 7. The molecule has 1 unspecified atom stereocenters. The third-order valence-corrected chi connectivity index (χ3v) is 8.87. The van der Waals surface area contributed by atoms with Crippen LogP contribution in [0, 0.1) is 5.92 Å². The highest BCUT2D eigenvalue weighted by Crippen LogP contribution is 2.37. The van der Waals surface area contributed by atoms with E-state index >= 15 is 0 Å². The van der Waals surface area contributed by atoms with Crippen LogP contribution in [0.3, 0.4) is 0 Å². The van der Waals surface area contributed by atoms with Crippen LogP contribution in [0.4, 0.5) is 5.69 Å². The number of esters is 1. The van der Waals surface area contributed by atoms with Crippen molar-refractivity contribution in [1.29, 1.82) is 0 Å². The first kappa shape index (κ1) is 27.1. The van der Waals surface area contributed by atoms with E-state index in [1.807, 2.05) is 37.3 Å². The van der Waals surface area contributed by atoms with Gasteiger partial charge in [0.05, 0.1) is 29.0 Å². The standard InChI is InChI=1S/C30H31N3O4S2/c1-3-4-16-37-29(36)20-11-13-21(14-12-20)31-25(34)18-38-30-32-27-26(23-15-10-19(2)17-24(23)39-27)28(35)33(30)22-8-6-5-7-9-22/h5-9,11-14,19H,3-4,10,15-18H2,1-2H3,(H,31,34). The van der Waals surface area contributed by atoms with Crippen LogP contribution in [0.5, 0.6) is 0 Å². The van der Waals surface area contributed by atoms with Crippen molar-refractivity contribution < 1.29 is 14.3 Å². The van der Waals surface area contributed by atoms with E-state index in [0.717, 1.165) is 48.2 Å². The van der Waals surface area contributed by atoms with Crippen molar-refractivity contribution in [3.05, 3.63) is 81.0 Å². The van der Waals surface area contributed by atoms with Gasteiger partial charge in [-0.2, -0.15) is 0 Å². The van der Waals surface area contributed by atoms with Gasteiger partial charge in [-0.1, -0.05) is 50.2 Å². The quantitative estimate of drug-likeness (QED) is 0.112. The van der Waals surface area contributed by atoms with Crippen LogP contribution in [0.15, 0.2) is 64.5 Å². The van der Waals surface area contributed by atoms with Gasteiger partial charge in [0.1, 0.15) is 4.83 Å². The molecular weight excluding hydrogens is 530 g/mol. The molecule has 0 spiro atoms. The number of rotatable bonds is 9. The molecule has 1 N–H and O–H groups in total. The van der Waals surface area contributed by atoms with E-state index in [1.165, 1.54) is 16.6 Å². The number of thiophene rings is 1. The number of carbonyl (C=O) groups is 2. The summed E-state index contributed by atoms with van der Waals surface area (Å²) < 4.78 is 6.86. The second kappa shape index (κ2) is 12.2. The zero-order chi connectivity index (χ0) is 27.4. The number of aromatic nitrogens is 2. The van der Waals surface area contributed by atoms with E-state index in [2.05, 4.69) is 12.2 Å². The van der Waals surface area contributed by atoms with Crippen LogP contribution in [0.2, 0.25) is 0 Å². The fraction of sp³-hybridized carbons (Fsp3) is 0.333. The van der Waals surface area contributed by atoms with Gasteiger partial charge in [0, 0.05) is 10.6 Å². The van der Waals surface area contributed by atoms with E-state index in [-0.39, 0.29) is 23.2 Å². The van der Waals surface area contributed by atoms with Gasteiger partial charge in [-0.15, -0.1) is 11.3 Å². The predicted octanol–water partition coefficient (Wildman–Crippen LogP) is 6.26. The van der Waals surface area contributed by atoms with Crippen LogP contribution in [-0.4, -0.2) is 33.8 Å². The number of unbranched alkanes of at least 4 members (excludes halogenated alkanes) is 1. The number of ether oxygens (including phenoxy) is 1. The van der Waals surface area contributed by atoms with Crippen molar-refractivity contribution in [3.8, 4) is 5.69 Å². The molecule has 4 aromatic rings. The van der Waals surface area contributed by atoms with Gasteiger partial charge in [-0.05, 0) is 73.6 Å². The number of fused-ring (bicyclic) bond motifs is 3. The Hall–Kier alpha value is -3.43. The summed E-state index contributed by atoms with van der Waals surface area (Å²) in [6.07, 6.45) is 4.72. The van der Waals surface area contributed by atoms with E-state index in [0.29, 0.717) is 34.3 Å². The second-order valence-electron chi connectivity index (χ2n) is 9.81. The molecular formula is C30H31N3O4S2. The fourth-order valence-electron chi connectivity index (χ4n) is 4.68. The summed E-state index contributed by atoms with van der Waals surface area (Å²) in [5.41, 5.74) is 2.81. The average molecular weight is 562 g/mol. The Labute approximate surface area is 235 Å². The van der Waals surface area contributed by atoms with Gasteiger partial charge in [-0.3, -0.25) is 14.2 Å². The molecule has 1 aliphatic carbocycles. The van der Waals surface area contributed by atoms with Crippen LogP contribution in [0.1, 0.15) is 53.9 Å². The first-order valence-electron chi connectivity index (χ1n) is 13.3. The second-order valence-corrected chi connectivity index (χ2v) is 11.8. The maximum Gasteiger partial charge on any atom is 0.338 e. The minimum atomic E-state index is -0.373. The number of hydrogen-bond donors (Lipinski definition) is 1. The Morgan fingerprint density at radius 1 is 1.15 bits per heavy atom. The molecule has 7 nitrogen and oxygen atoms in total. The SMILES string of the molecule is CCCCOC(=O)c1ccc(NC(=O)CSc2nc3sc4c(c3c(=O)n2-c2ccccc2)CCC(C)C4)cc1. The maximum absolute atomic E-state index is 13.8. The summed E-state index contributed by atoms with van der Waals surface area (Å²) in [5, 5.41) is 4.07. The summed E-state index contributed by atoms with van der Waals surface area (Å²) in [4.78, 5) is 45.7. The van der Waals surface area contributed by atoms with Gasteiger partial charge in [0.2, 0.25) is 5.91 Å². The number of thioether (sulfide) groups is 1.